The van der Waals surface area contributed by atoms with Gasteiger partial charge in [0.2, 0.25) is 12.7 Å². The molecule has 2 aliphatic rings. The van der Waals surface area contributed by atoms with Crippen molar-refractivity contribution in [2.24, 2.45) is 0 Å². The molecule has 2 N–H and O–H groups in total. The minimum absolute atomic E-state index is 0.0931. The van der Waals surface area contributed by atoms with E-state index in [1.54, 1.807) is 36.4 Å². The maximum absolute atomic E-state index is 12.1. The Kier molecular flexibility index (Phi) is 3.92. The number of hydrogen-bond acceptors (Lipinski definition) is 6. The van der Waals surface area contributed by atoms with E-state index in [-0.39, 0.29) is 13.2 Å². The van der Waals surface area contributed by atoms with Gasteiger partial charge in [0.15, 0.2) is 11.5 Å². The standard InChI is InChI=1S/C18H14N2O6/c21-16(8-14-11-3-1-2-4-12(11)18(23)26-14)19-20-17(22)10-5-6-13-15(7-10)25-9-24-13/h1-7,14H,8-9H2,(H,19,21)(H,20,22)/t14-/m1/s1. The first-order valence-electron chi connectivity index (χ1n) is 7.90. The van der Waals surface area contributed by atoms with E-state index in [0.717, 1.165) is 0 Å². The number of esters is 1. The van der Waals surface area contributed by atoms with Gasteiger partial charge < -0.3 is 14.2 Å². The van der Waals surface area contributed by atoms with E-state index in [1.165, 1.54) is 6.07 Å². The second kappa shape index (κ2) is 6.40. The number of nitrogens with one attached hydrogen (secondary N) is 2. The SMILES string of the molecule is O=C(C[C@H]1OC(=O)c2ccccc21)NNC(=O)c1ccc2c(c1)OCO2. The Morgan fingerprint density at radius 1 is 1.04 bits per heavy atom. The van der Waals surface area contributed by atoms with Crippen LogP contribution >= 0.6 is 0 Å². The largest absolute Gasteiger partial charge is 0.454 e. The van der Waals surface area contributed by atoms with Crippen LogP contribution in [0.4, 0.5) is 0 Å². The quantitative estimate of drug-likeness (QED) is 0.639. The van der Waals surface area contributed by atoms with Crippen molar-refractivity contribution in [2.45, 2.75) is 12.5 Å². The van der Waals surface area contributed by atoms with E-state index in [4.69, 9.17) is 14.2 Å². The van der Waals surface area contributed by atoms with Crippen molar-refractivity contribution in [3.05, 3.63) is 59.2 Å². The van der Waals surface area contributed by atoms with Crippen LogP contribution in [0.25, 0.3) is 0 Å². The van der Waals surface area contributed by atoms with Gasteiger partial charge in [-0.25, -0.2) is 4.79 Å². The van der Waals surface area contributed by atoms with Gasteiger partial charge in [-0.1, -0.05) is 18.2 Å². The normalized spacial score (nSPS) is 16.6. The summed E-state index contributed by atoms with van der Waals surface area (Å²) < 4.78 is 15.6. The predicted molar refractivity (Wildman–Crippen MR) is 87.4 cm³/mol. The van der Waals surface area contributed by atoms with Gasteiger partial charge in [-0.15, -0.1) is 0 Å². The van der Waals surface area contributed by atoms with Crippen LogP contribution in [-0.2, 0) is 9.53 Å². The minimum Gasteiger partial charge on any atom is -0.454 e. The molecular weight excluding hydrogens is 340 g/mol. The van der Waals surface area contributed by atoms with Crippen molar-refractivity contribution in [1.82, 2.24) is 10.9 Å². The third-order valence-electron chi connectivity index (χ3n) is 4.10. The number of fused-ring (bicyclic) bond motifs is 2. The van der Waals surface area contributed by atoms with Crippen LogP contribution in [0.15, 0.2) is 42.5 Å². The van der Waals surface area contributed by atoms with Crippen molar-refractivity contribution in [2.75, 3.05) is 6.79 Å². The molecular formula is C18H14N2O6. The number of carbonyl (C=O) groups is 3. The van der Waals surface area contributed by atoms with Crippen LogP contribution in [0.5, 0.6) is 11.5 Å². The third-order valence-corrected chi connectivity index (χ3v) is 4.10. The summed E-state index contributed by atoms with van der Waals surface area (Å²) in [5.41, 5.74) is 6.07. The highest BCUT2D eigenvalue weighted by Gasteiger charge is 2.32. The van der Waals surface area contributed by atoms with Crippen molar-refractivity contribution in [1.29, 1.82) is 0 Å². The summed E-state index contributed by atoms with van der Waals surface area (Å²) in [5.74, 6) is -0.400. The molecule has 2 heterocycles. The fourth-order valence-corrected chi connectivity index (χ4v) is 2.83. The number of benzene rings is 2. The van der Waals surface area contributed by atoms with Crippen molar-refractivity contribution in [3.8, 4) is 11.5 Å². The second-order valence-corrected chi connectivity index (χ2v) is 5.76. The Morgan fingerprint density at radius 3 is 2.73 bits per heavy atom. The molecule has 1 atom stereocenters. The molecule has 0 bridgehead atoms. The third kappa shape index (κ3) is 2.92. The van der Waals surface area contributed by atoms with Gasteiger partial charge in [-0.2, -0.15) is 0 Å². The fraction of sp³-hybridized carbons (Fsp3) is 0.167. The van der Waals surface area contributed by atoms with Gasteiger partial charge in [0.25, 0.3) is 5.91 Å². The number of hydrazine groups is 1. The first-order chi connectivity index (χ1) is 12.6. The predicted octanol–water partition coefficient (Wildman–Crippen LogP) is 1.48. The number of carbonyl (C=O) groups excluding carboxylic acids is 3. The topological polar surface area (TPSA) is 103 Å². The lowest BCUT2D eigenvalue weighted by Crippen LogP contribution is -2.42. The van der Waals surface area contributed by atoms with Crippen LogP contribution in [-0.4, -0.2) is 24.6 Å². The average molecular weight is 354 g/mol. The molecule has 0 aromatic heterocycles. The second-order valence-electron chi connectivity index (χ2n) is 5.76. The molecule has 132 valence electrons. The van der Waals surface area contributed by atoms with E-state index >= 15 is 0 Å². The number of cyclic esters (lactones) is 1. The fourth-order valence-electron chi connectivity index (χ4n) is 2.83. The summed E-state index contributed by atoms with van der Waals surface area (Å²) in [6.07, 6.45) is -0.759. The highest BCUT2D eigenvalue weighted by molar-refractivity contribution is 5.97. The molecule has 0 aliphatic carbocycles. The summed E-state index contributed by atoms with van der Waals surface area (Å²) in [4.78, 5) is 36.0. The van der Waals surface area contributed by atoms with Crippen LogP contribution in [0, 0.1) is 0 Å². The van der Waals surface area contributed by atoms with E-state index < -0.39 is 23.9 Å². The van der Waals surface area contributed by atoms with E-state index in [0.29, 0.717) is 28.2 Å². The summed E-state index contributed by atoms with van der Waals surface area (Å²) in [7, 11) is 0. The molecule has 2 aliphatic heterocycles. The monoisotopic (exact) mass is 354 g/mol. The zero-order valence-corrected chi connectivity index (χ0v) is 13.5. The van der Waals surface area contributed by atoms with Gasteiger partial charge >= 0.3 is 5.97 Å². The van der Waals surface area contributed by atoms with Crippen LogP contribution in [0.3, 0.4) is 0 Å². The van der Waals surface area contributed by atoms with Gasteiger partial charge in [0, 0.05) is 11.1 Å². The Labute approximate surface area is 148 Å². The number of amides is 2. The summed E-state index contributed by atoms with van der Waals surface area (Å²) in [6, 6.07) is 11.6. The molecule has 0 saturated heterocycles. The lowest BCUT2D eigenvalue weighted by molar-refractivity contribution is -0.123. The van der Waals surface area contributed by atoms with Gasteiger partial charge in [-0.3, -0.25) is 20.4 Å². The van der Waals surface area contributed by atoms with Gasteiger partial charge in [0.05, 0.1) is 12.0 Å². The smallest absolute Gasteiger partial charge is 0.339 e. The van der Waals surface area contributed by atoms with Crippen LogP contribution in [0.1, 0.15) is 38.8 Å². The maximum Gasteiger partial charge on any atom is 0.339 e. The average Bonchev–Trinajstić information content (AvgIpc) is 3.24. The van der Waals surface area contributed by atoms with E-state index in [2.05, 4.69) is 10.9 Å². The van der Waals surface area contributed by atoms with Crippen LogP contribution in [0.2, 0.25) is 0 Å². The van der Waals surface area contributed by atoms with Crippen molar-refractivity contribution < 1.29 is 28.6 Å². The first-order valence-corrected chi connectivity index (χ1v) is 7.90. The molecule has 4 rings (SSSR count). The summed E-state index contributed by atoms with van der Waals surface area (Å²) >= 11 is 0. The molecule has 8 nitrogen and oxygen atoms in total. The molecule has 26 heavy (non-hydrogen) atoms. The highest BCUT2D eigenvalue weighted by atomic mass is 16.7. The Bertz CT molecular complexity index is 910. The zero-order valence-electron chi connectivity index (χ0n) is 13.5. The Balaban J connectivity index is 1.35. The molecule has 0 unspecified atom stereocenters. The molecule has 0 saturated carbocycles. The number of hydrogen-bond donors (Lipinski definition) is 2. The van der Waals surface area contributed by atoms with Gasteiger partial charge in [-0.05, 0) is 24.3 Å². The first kappa shape index (κ1) is 15.9. The van der Waals surface area contributed by atoms with E-state index in [9.17, 15) is 14.4 Å². The number of rotatable bonds is 3. The molecule has 2 aromatic carbocycles. The lowest BCUT2D eigenvalue weighted by Gasteiger charge is -2.12. The molecule has 0 radical (unpaired) electrons. The maximum atomic E-state index is 12.1. The van der Waals surface area contributed by atoms with Crippen molar-refractivity contribution in [3.63, 3.8) is 0 Å². The lowest BCUT2D eigenvalue weighted by atomic mass is 10.0. The Hall–Kier alpha value is -3.55. The zero-order chi connectivity index (χ0) is 18.1. The molecule has 0 spiro atoms. The molecule has 0 fully saturated rings. The van der Waals surface area contributed by atoms with Gasteiger partial charge in [0.1, 0.15) is 6.10 Å². The molecule has 2 amide bonds. The minimum atomic E-state index is -0.666. The highest BCUT2D eigenvalue weighted by Crippen LogP contribution is 2.33. The van der Waals surface area contributed by atoms with E-state index in [1.807, 2.05) is 0 Å². The summed E-state index contributed by atoms with van der Waals surface area (Å²) in [5, 5.41) is 0. The molecule has 8 heteroatoms. The molecule has 2 aromatic rings. The summed E-state index contributed by atoms with van der Waals surface area (Å²) in [6.45, 7) is 0.110. The van der Waals surface area contributed by atoms with Crippen LogP contribution < -0.4 is 20.3 Å². The Morgan fingerprint density at radius 2 is 1.85 bits per heavy atom. The van der Waals surface area contributed by atoms with Crippen molar-refractivity contribution >= 4 is 17.8 Å². The number of ether oxygens (including phenoxy) is 3.